The number of aromatic nitrogens is 1. The van der Waals surface area contributed by atoms with Crippen molar-refractivity contribution in [3.8, 4) is 0 Å². The van der Waals surface area contributed by atoms with Gasteiger partial charge < -0.3 is 15.9 Å². The number of pyridine rings is 1. The maximum Gasteiger partial charge on any atom is 0.419 e. The first-order chi connectivity index (χ1) is 9.62. The molecule has 21 heavy (non-hydrogen) atoms. The lowest BCUT2D eigenvalue weighted by atomic mass is 10.0. The first-order valence-electron chi connectivity index (χ1n) is 5.95. The molecular formula is C12H15F3N2O3S. The monoisotopic (exact) mass is 324 g/mol. The highest BCUT2D eigenvalue weighted by molar-refractivity contribution is 8.13. The quantitative estimate of drug-likeness (QED) is 0.763. The van der Waals surface area contributed by atoms with Gasteiger partial charge in [0, 0.05) is 24.4 Å². The summed E-state index contributed by atoms with van der Waals surface area (Å²) in [7, 11) is 0. The van der Waals surface area contributed by atoms with Crippen molar-refractivity contribution in [1.82, 2.24) is 4.98 Å². The van der Waals surface area contributed by atoms with Gasteiger partial charge in [-0.3, -0.25) is 4.79 Å². The lowest BCUT2D eigenvalue weighted by Crippen LogP contribution is -2.21. The Morgan fingerprint density at radius 2 is 2.10 bits per heavy atom. The molecule has 0 bridgehead atoms. The summed E-state index contributed by atoms with van der Waals surface area (Å²) in [6.07, 6.45) is -6.49. The van der Waals surface area contributed by atoms with Gasteiger partial charge in [-0.15, -0.1) is 0 Å². The van der Waals surface area contributed by atoms with Gasteiger partial charge in [0.05, 0.1) is 11.7 Å². The molecular weight excluding hydrogens is 309 g/mol. The number of thioether (sulfide) groups is 1. The SMILES string of the molecule is CC(=O)SCCC(O)C(O)c1cnc(N)c(C(F)(F)F)c1. The molecule has 118 valence electrons. The van der Waals surface area contributed by atoms with Gasteiger partial charge in [0.25, 0.3) is 0 Å². The van der Waals surface area contributed by atoms with E-state index in [1.54, 1.807) is 0 Å². The molecule has 0 aliphatic carbocycles. The van der Waals surface area contributed by atoms with Gasteiger partial charge in [-0.25, -0.2) is 4.98 Å². The number of nitrogens with two attached hydrogens (primary N) is 1. The Bertz CT molecular complexity index is 511. The minimum absolute atomic E-state index is 0.0527. The van der Waals surface area contributed by atoms with Crippen molar-refractivity contribution >= 4 is 22.7 Å². The van der Waals surface area contributed by atoms with E-state index in [-0.39, 0.29) is 22.9 Å². The fourth-order valence-electron chi connectivity index (χ4n) is 1.58. The Kier molecular flexibility index (Phi) is 5.99. The summed E-state index contributed by atoms with van der Waals surface area (Å²) in [5, 5.41) is 19.4. The van der Waals surface area contributed by atoms with Crippen molar-refractivity contribution in [2.45, 2.75) is 31.7 Å². The van der Waals surface area contributed by atoms with Gasteiger partial charge in [0.15, 0.2) is 5.12 Å². The van der Waals surface area contributed by atoms with Crippen molar-refractivity contribution < 1.29 is 28.2 Å². The van der Waals surface area contributed by atoms with Crippen LogP contribution in [-0.4, -0.2) is 32.2 Å². The van der Waals surface area contributed by atoms with Gasteiger partial charge in [0.1, 0.15) is 11.9 Å². The van der Waals surface area contributed by atoms with Gasteiger partial charge in [0.2, 0.25) is 0 Å². The molecule has 0 aliphatic heterocycles. The van der Waals surface area contributed by atoms with E-state index in [9.17, 15) is 28.2 Å². The fraction of sp³-hybridized carbons (Fsp3) is 0.500. The number of alkyl halides is 3. The largest absolute Gasteiger partial charge is 0.419 e. The molecule has 4 N–H and O–H groups in total. The van der Waals surface area contributed by atoms with Crippen molar-refractivity contribution in [2.75, 3.05) is 11.5 Å². The number of aliphatic hydroxyl groups excluding tert-OH is 2. The number of halogens is 3. The van der Waals surface area contributed by atoms with Gasteiger partial charge in [-0.2, -0.15) is 13.2 Å². The Morgan fingerprint density at radius 3 is 2.62 bits per heavy atom. The normalized spacial score (nSPS) is 14.8. The van der Waals surface area contributed by atoms with E-state index < -0.39 is 29.8 Å². The summed E-state index contributed by atoms with van der Waals surface area (Å²) in [5.41, 5.74) is 3.80. The molecule has 0 fully saturated rings. The lowest BCUT2D eigenvalue weighted by molar-refractivity contribution is -0.137. The molecule has 5 nitrogen and oxygen atoms in total. The van der Waals surface area contributed by atoms with E-state index in [1.807, 2.05) is 0 Å². The Morgan fingerprint density at radius 1 is 1.48 bits per heavy atom. The zero-order chi connectivity index (χ0) is 16.2. The van der Waals surface area contributed by atoms with E-state index >= 15 is 0 Å². The zero-order valence-electron chi connectivity index (χ0n) is 11.1. The van der Waals surface area contributed by atoms with Gasteiger partial charge in [-0.1, -0.05) is 11.8 Å². The van der Waals surface area contributed by atoms with Gasteiger partial charge in [-0.05, 0) is 12.5 Å². The van der Waals surface area contributed by atoms with E-state index in [0.717, 1.165) is 18.0 Å². The minimum atomic E-state index is -4.69. The first-order valence-corrected chi connectivity index (χ1v) is 6.93. The smallest absolute Gasteiger partial charge is 0.390 e. The summed E-state index contributed by atoms with van der Waals surface area (Å²) < 4.78 is 38.0. The van der Waals surface area contributed by atoms with Crippen molar-refractivity contribution in [3.63, 3.8) is 0 Å². The highest BCUT2D eigenvalue weighted by Gasteiger charge is 2.35. The molecule has 0 radical (unpaired) electrons. The average molecular weight is 324 g/mol. The van der Waals surface area contributed by atoms with Crippen LogP contribution in [0.3, 0.4) is 0 Å². The second-order valence-electron chi connectivity index (χ2n) is 4.34. The van der Waals surface area contributed by atoms with E-state index in [1.165, 1.54) is 6.92 Å². The summed E-state index contributed by atoms with van der Waals surface area (Å²) in [6, 6.07) is 0.661. The van der Waals surface area contributed by atoms with Crippen molar-refractivity contribution in [2.24, 2.45) is 0 Å². The molecule has 0 aliphatic rings. The molecule has 0 aromatic carbocycles. The number of aliphatic hydroxyl groups is 2. The van der Waals surface area contributed by atoms with Crippen molar-refractivity contribution in [1.29, 1.82) is 0 Å². The van der Waals surface area contributed by atoms with Crippen LogP contribution in [-0.2, 0) is 11.0 Å². The number of nitrogens with zero attached hydrogens (tertiary/aromatic N) is 1. The molecule has 0 spiro atoms. The Balaban J connectivity index is 2.82. The summed E-state index contributed by atoms with van der Waals surface area (Å²) in [4.78, 5) is 14.1. The molecule has 0 saturated carbocycles. The Labute approximate surface area is 123 Å². The summed E-state index contributed by atoms with van der Waals surface area (Å²) in [5.74, 6) is -0.442. The molecule has 0 amide bonds. The van der Waals surface area contributed by atoms with Crippen molar-refractivity contribution in [3.05, 3.63) is 23.4 Å². The second-order valence-corrected chi connectivity index (χ2v) is 5.61. The zero-order valence-corrected chi connectivity index (χ0v) is 11.9. The molecule has 1 aromatic rings. The van der Waals surface area contributed by atoms with Crippen LogP contribution >= 0.6 is 11.8 Å². The fourth-order valence-corrected chi connectivity index (χ4v) is 2.23. The minimum Gasteiger partial charge on any atom is -0.390 e. The lowest BCUT2D eigenvalue weighted by Gasteiger charge is -2.19. The third-order valence-electron chi connectivity index (χ3n) is 2.67. The first kappa shape index (κ1) is 17.7. The predicted molar refractivity (Wildman–Crippen MR) is 72.4 cm³/mol. The summed E-state index contributed by atoms with van der Waals surface area (Å²) >= 11 is 0.956. The van der Waals surface area contributed by atoms with Crippen LogP contribution in [0.5, 0.6) is 0 Å². The third kappa shape index (κ3) is 5.18. The number of anilines is 1. The molecule has 1 heterocycles. The van der Waals surface area contributed by atoms with Crippen LogP contribution in [0.2, 0.25) is 0 Å². The highest BCUT2D eigenvalue weighted by Crippen LogP contribution is 2.34. The van der Waals surface area contributed by atoms with E-state index in [2.05, 4.69) is 4.98 Å². The van der Waals surface area contributed by atoms with Crippen LogP contribution in [0, 0.1) is 0 Å². The number of hydrogen-bond acceptors (Lipinski definition) is 6. The van der Waals surface area contributed by atoms with Crippen LogP contribution in [0.15, 0.2) is 12.3 Å². The maximum atomic E-state index is 12.7. The van der Waals surface area contributed by atoms with E-state index in [0.29, 0.717) is 6.07 Å². The third-order valence-corrected chi connectivity index (χ3v) is 3.52. The molecule has 1 aromatic heterocycles. The molecule has 2 atom stereocenters. The average Bonchev–Trinajstić information content (AvgIpc) is 2.36. The molecule has 0 saturated heterocycles. The van der Waals surface area contributed by atoms with E-state index in [4.69, 9.17) is 5.73 Å². The number of nitrogen functional groups attached to an aromatic ring is 1. The number of rotatable bonds is 5. The van der Waals surface area contributed by atoms with Crippen LogP contribution < -0.4 is 5.73 Å². The number of hydrogen-bond donors (Lipinski definition) is 3. The highest BCUT2D eigenvalue weighted by atomic mass is 32.2. The number of carbonyl (C=O) groups excluding carboxylic acids is 1. The molecule has 9 heteroatoms. The van der Waals surface area contributed by atoms with Gasteiger partial charge >= 0.3 is 6.18 Å². The predicted octanol–water partition coefficient (Wildman–Crippen LogP) is 1.75. The Hall–Kier alpha value is -1.32. The summed E-state index contributed by atoms with van der Waals surface area (Å²) in [6.45, 7) is 1.35. The number of carbonyl (C=O) groups is 1. The molecule has 2 unspecified atom stereocenters. The standard InChI is InChI=1S/C12H15F3N2O3S/c1-6(18)21-3-2-9(19)10(20)7-4-8(12(13,14)15)11(16)17-5-7/h4-5,9-10,19-20H,2-3H2,1H3,(H2,16,17). The van der Waals surface area contributed by atoms with Crippen LogP contribution in [0.4, 0.5) is 19.0 Å². The topological polar surface area (TPSA) is 96.4 Å². The maximum absolute atomic E-state index is 12.7. The second kappa shape index (κ2) is 7.10. The van der Waals surface area contributed by atoms with Crippen LogP contribution in [0.1, 0.15) is 30.6 Å². The molecule has 1 rings (SSSR count). The van der Waals surface area contributed by atoms with Crippen LogP contribution in [0.25, 0.3) is 0 Å².